The van der Waals surface area contributed by atoms with E-state index >= 15 is 0 Å². The van der Waals surface area contributed by atoms with Crippen molar-refractivity contribution >= 4 is 17.6 Å². The third-order valence-corrected chi connectivity index (χ3v) is 4.59. The first-order valence-electron chi connectivity index (χ1n) is 6.74. The summed E-state index contributed by atoms with van der Waals surface area (Å²) in [7, 11) is 0. The highest BCUT2D eigenvalue weighted by Crippen LogP contribution is 2.57. The lowest BCUT2D eigenvalue weighted by atomic mass is 9.75. The Kier molecular flexibility index (Phi) is 3.06. The average molecular weight is 281 g/mol. The predicted molar refractivity (Wildman–Crippen MR) is 72.2 cm³/mol. The molecule has 0 saturated heterocycles. The molecule has 2 N–H and O–H groups in total. The predicted octanol–water partition coefficient (Wildman–Crippen LogP) is 3.06. The SMILES string of the molecule is O=C(O)C(c1cccc(Cl)c1)C(O)(C1CC1)C1CC1. The van der Waals surface area contributed by atoms with Crippen LogP contribution in [0.25, 0.3) is 0 Å². The van der Waals surface area contributed by atoms with Gasteiger partial charge in [0.25, 0.3) is 0 Å². The van der Waals surface area contributed by atoms with Gasteiger partial charge in [0.05, 0.1) is 5.60 Å². The summed E-state index contributed by atoms with van der Waals surface area (Å²) >= 11 is 5.96. The van der Waals surface area contributed by atoms with Crippen molar-refractivity contribution in [3.63, 3.8) is 0 Å². The molecule has 1 atom stereocenters. The molecule has 0 amide bonds. The van der Waals surface area contributed by atoms with Crippen molar-refractivity contribution in [2.45, 2.75) is 37.2 Å². The number of rotatable bonds is 5. The largest absolute Gasteiger partial charge is 0.481 e. The summed E-state index contributed by atoms with van der Waals surface area (Å²) in [5.41, 5.74) is -0.488. The molecule has 0 bridgehead atoms. The third-order valence-electron chi connectivity index (χ3n) is 4.35. The zero-order valence-corrected chi connectivity index (χ0v) is 11.3. The molecule has 0 heterocycles. The van der Waals surface area contributed by atoms with Gasteiger partial charge in [-0.05, 0) is 55.2 Å². The van der Waals surface area contributed by atoms with Crippen LogP contribution in [-0.2, 0) is 4.79 Å². The number of aliphatic carboxylic acids is 1. The van der Waals surface area contributed by atoms with Crippen LogP contribution in [-0.4, -0.2) is 21.8 Å². The summed E-state index contributed by atoms with van der Waals surface area (Å²) in [5, 5.41) is 21.2. The maximum Gasteiger partial charge on any atom is 0.313 e. The molecule has 2 aliphatic carbocycles. The average Bonchev–Trinajstić information content (AvgIpc) is 3.19. The fourth-order valence-corrected chi connectivity index (χ4v) is 3.39. The number of hydrogen-bond donors (Lipinski definition) is 2. The van der Waals surface area contributed by atoms with E-state index in [1.807, 2.05) is 0 Å². The van der Waals surface area contributed by atoms with E-state index in [0.29, 0.717) is 10.6 Å². The second kappa shape index (κ2) is 4.50. The van der Waals surface area contributed by atoms with Crippen LogP contribution in [0, 0.1) is 11.8 Å². The smallest absolute Gasteiger partial charge is 0.313 e. The van der Waals surface area contributed by atoms with Gasteiger partial charge in [0, 0.05) is 5.02 Å². The van der Waals surface area contributed by atoms with Crippen LogP contribution in [0.15, 0.2) is 24.3 Å². The molecule has 0 spiro atoms. The Morgan fingerprint density at radius 2 is 1.84 bits per heavy atom. The van der Waals surface area contributed by atoms with Gasteiger partial charge in [0.15, 0.2) is 0 Å². The van der Waals surface area contributed by atoms with Gasteiger partial charge in [-0.3, -0.25) is 4.79 Å². The number of benzene rings is 1. The minimum atomic E-state index is -1.10. The minimum Gasteiger partial charge on any atom is -0.481 e. The van der Waals surface area contributed by atoms with Crippen LogP contribution in [0.2, 0.25) is 5.02 Å². The van der Waals surface area contributed by atoms with E-state index < -0.39 is 17.5 Å². The maximum absolute atomic E-state index is 11.7. The summed E-state index contributed by atoms with van der Waals surface area (Å²) in [6.45, 7) is 0. The molecule has 19 heavy (non-hydrogen) atoms. The molecular formula is C15H17ClO3. The number of carbonyl (C=O) groups is 1. The second-order valence-electron chi connectivity index (χ2n) is 5.76. The molecule has 3 rings (SSSR count). The second-order valence-corrected chi connectivity index (χ2v) is 6.20. The molecule has 4 heteroatoms. The van der Waals surface area contributed by atoms with Crippen LogP contribution in [0.1, 0.15) is 37.2 Å². The van der Waals surface area contributed by atoms with Gasteiger partial charge >= 0.3 is 5.97 Å². The Bertz CT molecular complexity index is 494. The molecule has 2 aliphatic rings. The van der Waals surface area contributed by atoms with E-state index in [1.165, 1.54) is 0 Å². The van der Waals surface area contributed by atoms with E-state index in [0.717, 1.165) is 25.7 Å². The zero-order chi connectivity index (χ0) is 13.6. The van der Waals surface area contributed by atoms with E-state index in [1.54, 1.807) is 24.3 Å². The maximum atomic E-state index is 11.7. The first kappa shape index (κ1) is 12.9. The Morgan fingerprint density at radius 3 is 2.26 bits per heavy atom. The van der Waals surface area contributed by atoms with Crippen LogP contribution in [0.4, 0.5) is 0 Å². The number of aliphatic hydroxyl groups is 1. The molecule has 2 fully saturated rings. The van der Waals surface area contributed by atoms with Crippen LogP contribution in [0.5, 0.6) is 0 Å². The van der Waals surface area contributed by atoms with Crippen molar-refractivity contribution in [3.05, 3.63) is 34.9 Å². The van der Waals surface area contributed by atoms with Crippen molar-refractivity contribution in [1.29, 1.82) is 0 Å². The van der Waals surface area contributed by atoms with Gasteiger partial charge in [-0.15, -0.1) is 0 Å². The van der Waals surface area contributed by atoms with Crippen molar-refractivity contribution < 1.29 is 15.0 Å². The quantitative estimate of drug-likeness (QED) is 0.871. The first-order chi connectivity index (χ1) is 9.03. The van der Waals surface area contributed by atoms with Crippen molar-refractivity contribution in [1.82, 2.24) is 0 Å². The highest BCUT2D eigenvalue weighted by atomic mass is 35.5. The third kappa shape index (κ3) is 2.26. The Labute approximate surface area is 117 Å². The molecular weight excluding hydrogens is 264 g/mol. The van der Waals surface area contributed by atoms with Crippen LogP contribution in [0.3, 0.4) is 0 Å². The van der Waals surface area contributed by atoms with Crippen LogP contribution >= 0.6 is 11.6 Å². The topological polar surface area (TPSA) is 57.5 Å². The standard InChI is InChI=1S/C15H17ClO3/c16-12-3-1-2-9(8-12)13(14(17)18)15(19,10-4-5-10)11-6-7-11/h1-3,8,10-11,13,19H,4-7H2,(H,17,18). The van der Waals surface area contributed by atoms with E-state index in [9.17, 15) is 15.0 Å². The van der Waals surface area contributed by atoms with E-state index in [2.05, 4.69) is 0 Å². The van der Waals surface area contributed by atoms with Gasteiger partial charge < -0.3 is 10.2 Å². The summed E-state index contributed by atoms with van der Waals surface area (Å²) in [4.78, 5) is 11.7. The summed E-state index contributed by atoms with van der Waals surface area (Å²) in [6, 6.07) is 6.88. The summed E-state index contributed by atoms with van der Waals surface area (Å²) in [5.74, 6) is -1.57. The summed E-state index contributed by atoms with van der Waals surface area (Å²) < 4.78 is 0. The highest BCUT2D eigenvalue weighted by molar-refractivity contribution is 6.30. The fourth-order valence-electron chi connectivity index (χ4n) is 3.19. The fraction of sp³-hybridized carbons (Fsp3) is 0.533. The molecule has 0 radical (unpaired) electrons. The number of carboxylic acid groups (broad SMARTS) is 1. The molecule has 0 aromatic heterocycles. The molecule has 2 saturated carbocycles. The van der Waals surface area contributed by atoms with Crippen molar-refractivity contribution in [2.75, 3.05) is 0 Å². The Morgan fingerprint density at radius 1 is 1.26 bits per heavy atom. The van der Waals surface area contributed by atoms with Gasteiger partial charge in [-0.1, -0.05) is 23.7 Å². The normalized spacial score (nSPS) is 21.2. The lowest BCUT2D eigenvalue weighted by Crippen LogP contribution is -2.44. The van der Waals surface area contributed by atoms with E-state index in [-0.39, 0.29) is 11.8 Å². The Balaban J connectivity index is 2.02. The number of hydrogen-bond acceptors (Lipinski definition) is 2. The first-order valence-corrected chi connectivity index (χ1v) is 7.12. The summed E-state index contributed by atoms with van der Waals surface area (Å²) in [6.07, 6.45) is 3.71. The van der Waals surface area contributed by atoms with Gasteiger partial charge in [0.1, 0.15) is 5.92 Å². The molecule has 1 aromatic rings. The molecule has 102 valence electrons. The monoisotopic (exact) mass is 280 g/mol. The molecule has 1 unspecified atom stereocenters. The molecule has 1 aromatic carbocycles. The lowest BCUT2D eigenvalue weighted by molar-refractivity contribution is -0.149. The molecule has 0 aliphatic heterocycles. The number of halogens is 1. The Hall–Kier alpha value is -1.06. The van der Waals surface area contributed by atoms with Crippen molar-refractivity contribution in [2.24, 2.45) is 11.8 Å². The van der Waals surface area contributed by atoms with Crippen molar-refractivity contribution in [3.8, 4) is 0 Å². The number of carboxylic acids is 1. The van der Waals surface area contributed by atoms with Gasteiger partial charge in [-0.2, -0.15) is 0 Å². The van der Waals surface area contributed by atoms with Crippen LogP contribution < -0.4 is 0 Å². The minimum absolute atomic E-state index is 0.125. The van der Waals surface area contributed by atoms with E-state index in [4.69, 9.17) is 11.6 Å². The lowest BCUT2D eigenvalue weighted by Gasteiger charge is -2.35. The van der Waals surface area contributed by atoms with Gasteiger partial charge in [0.2, 0.25) is 0 Å². The van der Waals surface area contributed by atoms with Gasteiger partial charge in [-0.25, -0.2) is 0 Å². The molecule has 3 nitrogen and oxygen atoms in total. The highest BCUT2D eigenvalue weighted by Gasteiger charge is 2.59. The zero-order valence-electron chi connectivity index (χ0n) is 10.6.